The Labute approximate surface area is 131 Å². The molecule has 0 N–H and O–H groups in total. The van der Waals surface area contributed by atoms with Crippen LogP contribution < -0.4 is 0 Å². The molecule has 1 aliphatic rings. The van der Waals surface area contributed by atoms with E-state index >= 15 is 0 Å². The zero-order valence-electron chi connectivity index (χ0n) is 12.3. The first-order chi connectivity index (χ1) is 10.9. The molecule has 2 rings (SSSR count). The van der Waals surface area contributed by atoms with Crippen LogP contribution in [-0.2, 0) is 14.3 Å². The van der Waals surface area contributed by atoms with Gasteiger partial charge < -0.3 is 9.64 Å². The lowest BCUT2D eigenvalue weighted by Gasteiger charge is -2.23. The first-order valence-electron chi connectivity index (χ1n) is 6.79. The molecule has 1 aromatic carbocycles. The Hall–Kier alpha value is -3.03. The monoisotopic (exact) mass is 318 g/mol. The number of carbonyl (C=O) groups is 3. The molecule has 8 nitrogen and oxygen atoms in total. The summed E-state index contributed by atoms with van der Waals surface area (Å²) in [7, 11) is 0. The predicted octanol–water partition coefficient (Wildman–Crippen LogP) is 1.46. The van der Waals surface area contributed by atoms with Gasteiger partial charge in [0.2, 0.25) is 0 Å². The smallest absolute Gasteiger partial charge is 0.302 e. The van der Waals surface area contributed by atoms with Crippen LogP contribution >= 0.6 is 0 Å². The molecular weight excluding hydrogens is 304 g/mol. The maximum Gasteiger partial charge on any atom is 0.302 e. The van der Waals surface area contributed by atoms with Gasteiger partial charge in [-0.25, -0.2) is 0 Å². The zero-order valence-corrected chi connectivity index (χ0v) is 12.3. The molecule has 0 spiro atoms. The van der Waals surface area contributed by atoms with Crippen molar-refractivity contribution >= 4 is 23.9 Å². The summed E-state index contributed by atoms with van der Waals surface area (Å²) in [6.45, 7) is 1.15. The lowest BCUT2D eigenvalue weighted by Crippen LogP contribution is -2.36. The molecule has 120 valence electrons. The highest BCUT2D eigenvalue weighted by Crippen LogP contribution is 2.26. The first kappa shape index (κ1) is 16.3. The number of nitro benzene ring substituents is 1. The van der Waals surface area contributed by atoms with E-state index in [9.17, 15) is 24.5 Å². The van der Waals surface area contributed by atoms with Gasteiger partial charge >= 0.3 is 5.97 Å². The van der Waals surface area contributed by atoms with Crippen LogP contribution in [0.1, 0.15) is 23.7 Å². The van der Waals surface area contributed by atoms with Crippen LogP contribution in [0, 0.1) is 10.1 Å². The summed E-state index contributed by atoms with van der Waals surface area (Å²) in [5.74, 6) is -1.13. The highest BCUT2D eigenvalue weighted by atomic mass is 16.6. The Morgan fingerprint density at radius 3 is 2.74 bits per heavy atom. The third-order valence-corrected chi connectivity index (χ3v) is 3.37. The number of hydrogen-bond donors (Lipinski definition) is 0. The van der Waals surface area contributed by atoms with E-state index in [1.165, 1.54) is 42.3 Å². The Morgan fingerprint density at radius 2 is 2.13 bits per heavy atom. The number of benzene rings is 1. The summed E-state index contributed by atoms with van der Waals surface area (Å²) in [4.78, 5) is 46.1. The van der Waals surface area contributed by atoms with Crippen molar-refractivity contribution in [3.63, 3.8) is 0 Å². The number of esters is 1. The van der Waals surface area contributed by atoms with E-state index in [2.05, 4.69) is 0 Å². The Bertz CT molecular complexity index is 697. The normalized spacial score (nSPS) is 16.7. The minimum atomic E-state index is -0.644. The van der Waals surface area contributed by atoms with Gasteiger partial charge in [0.15, 0.2) is 0 Å². The van der Waals surface area contributed by atoms with E-state index in [1.54, 1.807) is 0 Å². The number of rotatable bonds is 5. The number of carbonyl (C=O) groups excluding carboxylic acids is 3. The van der Waals surface area contributed by atoms with Gasteiger partial charge in [-0.05, 0) is 6.07 Å². The van der Waals surface area contributed by atoms with Gasteiger partial charge in [0.05, 0.1) is 11.0 Å². The van der Waals surface area contributed by atoms with Crippen molar-refractivity contribution in [2.75, 3.05) is 6.61 Å². The molecule has 1 amide bonds. The molecule has 23 heavy (non-hydrogen) atoms. The van der Waals surface area contributed by atoms with Gasteiger partial charge in [0.25, 0.3) is 11.6 Å². The molecule has 0 aromatic heterocycles. The van der Waals surface area contributed by atoms with Crippen LogP contribution in [0.3, 0.4) is 0 Å². The summed E-state index contributed by atoms with van der Waals surface area (Å²) in [6, 6.07) is 4.99. The molecular formula is C15H14N2O6. The topological polar surface area (TPSA) is 107 Å². The van der Waals surface area contributed by atoms with Crippen molar-refractivity contribution in [2.24, 2.45) is 0 Å². The number of nitro groups is 1. The highest BCUT2D eigenvalue weighted by Gasteiger charge is 2.33. The second kappa shape index (κ2) is 6.82. The largest absolute Gasteiger partial charge is 0.464 e. The van der Waals surface area contributed by atoms with E-state index in [-0.39, 0.29) is 24.3 Å². The maximum absolute atomic E-state index is 12.6. The van der Waals surface area contributed by atoms with Gasteiger partial charge in [-0.3, -0.25) is 24.5 Å². The second-order valence-electron chi connectivity index (χ2n) is 4.97. The average Bonchev–Trinajstić information content (AvgIpc) is 2.95. The fourth-order valence-corrected chi connectivity index (χ4v) is 2.32. The SMILES string of the molecule is CC(=O)OC[C@@H]1CC(C=O)=CN1C(=O)c1ccccc1[N+](=O)[O-]. The van der Waals surface area contributed by atoms with Crippen LogP contribution in [0.25, 0.3) is 0 Å². The van der Waals surface area contributed by atoms with Gasteiger partial charge in [-0.15, -0.1) is 0 Å². The predicted molar refractivity (Wildman–Crippen MR) is 78.5 cm³/mol. The summed E-state index contributed by atoms with van der Waals surface area (Å²) >= 11 is 0. The van der Waals surface area contributed by atoms with Crippen LogP contribution in [0.15, 0.2) is 36.0 Å². The lowest BCUT2D eigenvalue weighted by molar-refractivity contribution is -0.385. The second-order valence-corrected chi connectivity index (χ2v) is 4.97. The standard InChI is InChI=1S/C15H14N2O6/c1-10(19)23-9-12-6-11(8-18)7-16(12)15(20)13-4-2-3-5-14(13)17(21)22/h2-5,7-8,12H,6,9H2,1H3/t12-/m0/s1. The third-order valence-electron chi connectivity index (χ3n) is 3.37. The quantitative estimate of drug-likeness (QED) is 0.352. The zero-order chi connectivity index (χ0) is 17.0. The van der Waals surface area contributed by atoms with Crippen molar-refractivity contribution in [2.45, 2.75) is 19.4 Å². The van der Waals surface area contributed by atoms with Crippen molar-refractivity contribution in [1.82, 2.24) is 4.90 Å². The number of nitrogens with zero attached hydrogens (tertiary/aromatic N) is 2. The molecule has 0 fully saturated rings. The summed E-state index contributed by atoms with van der Waals surface area (Å²) in [5.41, 5.74) is -0.0560. The molecule has 0 saturated heterocycles. The summed E-state index contributed by atoms with van der Waals surface area (Å²) in [5, 5.41) is 11.1. The highest BCUT2D eigenvalue weighted by molar-refractivity contribution is 5.99. The number of aldehydes is 1. The minimum Gasteiger partial charge on any atom is -0.464 e. The number of amides is 1. The van der Waals surface area contributed by atoms with E-state index in [4.69, 9.17) is 4.74 Å². The molecule has 0 bridgehead atoms. The van der Waals surface area contributed by atoms with E-state index in [0.717, 1.165) is 0 Å². The van der Waals surface area contributed by atoms with Crippen LogP contribution in [0.2, 0.25) is 0 Å². The Morgan fingerprint density at radius 1 is 1.43 bits per heavy atom. The van der Waals surface area contributed by atoms with Crippen molar-refractivity contribution in [3.05, 3.63) is 51.7 Å². The summed E-state index contributed by atoms with van der Waals surface area (Å²) in [6.07, 6.45) is 2.16. The van der Waals surface area contributed by atoms with Gasteiger partial charge in [0.1, 0.15) is 18.5 Å². The van der Waals surface area contributed by atoms with Crippen LogP contribution in [0.5, 0.6) is 0 Å². The summed E-state index contributed by atoms with van der Waals surface area (Å²) < 4.78 is 4.90. The third kappa shape index (κ3) is 3.60. The molecule has 8 heteroatoms. The van der Waals surface area contributed by atoms with Gasteiger partial charge in [0, 0.05) is 31.2 Å². The van der Waals surface area contributed by atoms with E-state index in [0.29, 0.717) is 11.9 Å². The fraction of sp³-hybridized carbons (Fsp3) is 0.267. The van der Waals surface area contributed by atoms with Crippen LogP contribution in [0.4, 0.5) is 5.69 Å². The molecule has 1 atom stereocenters. The number of hydrogen-bond acceptors (Lipinski definition) is 6. The number of para-hydroxylation sites is 1. The molecule has 0 unspecified atom stereocenters. The average molecular weight is 318 g/mol. The van der Waals surface area contributed by atoms with Crippen molar-refractivity contribution in [1.29, 1.82) is 0 Å². The van der Waals surface area contributed by atoms with E-state index < -0.39 is 22.8 Å². The van der Waals surface area contributed by atoms with Crippen LogP contribution in [-0.4, -0.2) is 40.6 Å². The minimum absolute atomic E-state index is 0.0878. The maximum atomic E-state index is 12.6. The Kier molecular flexibility index (Phi) is 4.85. The van der Waals surface area contributed by atoms with E-state index in [1.807, 2.05) is 0 Å². The molecule has 1 heterocycles. The van der Waals surface area contributed by atoms with Crippen molar-refractivity contribution in [3.8, 4) is 0 Å². The molecule has 1 aromatic rings. The molecule has 0 radical (unpaired) electrons. The van der Waals surface area contributed by atoms with Gasteiger partial charge in [-0.1, -0.05) is 12.1 Å². The Balaban J connectivity index is 2.31. The van der Waals surface area contributed by atoms with Crippen molar-refractivity contribution < 1.29 is 24.0 Å². The molecule has 0 saturated carbocycles. The first-order valence-corrected chi connectivity index (χ1v) is 6.79. The molecule has 0 aliphatic carbocycles. The fourth-order valence-electron chi connectivity index (χ4n) is 2.32. The number of ether oxygens (including phenoxy) is 1. The molecule has 1 aliphatic heterocycles. The lowest BCUT2D eigenvalue weighted by atomic mass is 10.1. The van der Waals surface area contributed by atoms with Gasteiger partial charge in [-0.2, -0.15) is 0 Å².